The number of amides is 18. The molecule has 0 saturated carbocycles. The zero-order chi connectivity index (χ0) is 95.9. The van der Waals surface area contributed by atoms with E-state index in [9.17, 15) is 142 Å². The van der Waals surface area contributed by atoms with Gasteiger partial charge >= 0.3 is 11.9 Å². The number of aliphatic imine (C=N–C) groups is 1. The first-order chi connectivity index (χ1) is 58.9. The maximum absolute atomic E-state index is 14.2. The monoisotopic (exact) mass is 1800 g/mol. The van der Waals surface area contributed by atoms with Crippen LogP contribution in [-0.2, 0) is 95.9 Å². The third-order valence-electron chi connectivity index (χ3n) is 19.7. The van der Waals surface area contributed by atoms with Crippen molar-refractivity contribution in [2.75, 3.05) is 59.2 Å². The molecule has 2 saturated heterocycles. The molecule has 712 valence electrons. The second kappa shape index (κ2) is 55.0. The summed E-state index contributed by atoms with van der Waals surface area (Å²) in [5.41, 5.74) is 21.8. The van der Waals surface area contributed by atoms with Gasteiger partial charge in [0.25, 0.3) is 0 Å². The molecule has 19 atom stereocenters. The van der Waals surface area contributed by atoms with E-state index in [4.69, 9.17) is 22.9 Å². The van der Waals surface area contributed by atoms with Gasteiger partial charge in [0.1, 0.15) is 96.7 Å². The Morgan fingerprint density at radius 1 is 0.381 bits per heavy atom. The quantitative estimate of drug-likeness (QED) is 0.0153. The van der Waals surface area contributed by atoms with Crippen molar-refractivity contribution in [3.63, 3.8) is 0 Å². The van der Waals surface area contributed by atoms with Crippen LogP contribution in [0.1, 0.15) is 153 Å². The van der Waals surface area contributed by atoms with Crippen LogP contribution in [0.3, 0.4) is 0 Å². The number of hydrogen-bond acceptors (Lipinski definition) is 29. The fourth-order valence-corrected chi connectivity index (χ4v) is 12.9. The Morgan fingerprint density at radius 3 is 1.11 bits per heavy atom. The van der Waals surface area contributed by atoms with Crippen LogP contribution in [0.15, 0.2) is 4.99 Å². The molecule has 51 heteroatoms. The number of guanidine groups is 1. The predicted molar refractivity (Wildman–Crippen MR) is 439 cm³/mol. The van der Waals surface area contributed by atoms with Crippen molar-refractivity contribution < 1.29 is 142 Å². The van der Waals surface area contributed by atoms with Gasteiger partial charge in [0.05, 0.1) is 57.8 Å². The Bertz CT molecular complexity index is 3810. The van der Waals surface area contributed by atoms with Crippen LogP contribution >= 0.6 is 0 Å². The number of aliphatic hydroxyl groups is 7. The van der Waals surface area contributed by atoms with E-state index in [0.717, 1.165) is 30.6 Å². The molecule has 18 amide bonds. The Morgan fingerprint density at radius 2 is 0.722 bits per heavy atom. The highest BCUT2D eigenvalue weighted by atomic mass is 16.4. The molecule has 51 nitrogen and oxygen atoms in total. The van der Waals surface area contributed by atoms with Crippen LogP contribution in [0.25, 0.3) is 0 Å². The molecule has 2 aliphatic heterocycles. The van der Waals surface area contributed by atoms with Gasteiger partial charge in [-0.05, 0) is 116 Å². The summed E-state index contributed by atoms with van der Waals surface area (Å²) in [6.07, 6.45) is -7.25. The van der Waals surface area contributed by atoms with Crippen molar-refractivity contribution in [1.29, 1.82) is 0 Å². The van der Waals surface area contributed by atoms with E-state index in [1.165, 1.54) is 6.92 Å². The first-order valence-corrected chi connectivity index (χ1v) is 41.0. The zero-order valence-electron chi connectivity index (χ0n) is 72.1. The van der Waals surface area contributed by atoms with E-state index in [1.54, 1.807) is 41.5 Å². The molecular formula is C75H128N22O29. The fraction of sp³-hybridized carbons (Fsp3) is 0.720. The summed E-state index contributed by atoms with van der Waals surface area (Å²) in [5.74, 6) is -23.4. The third kappa shape index (κ3) is 38.0. The number of nitrogens with one attached hydrogen (secondary N) is 15. The molecule has 0 bridgehead atoms. The molecule has 32 N–H and O–H groups in total. The molecule has 0 radical (unpaired) electrons. The highest BCUT2D eigenvalue weighted by Crippen LogP contribution is 2.22. The van der Waals surface area contributed by atoms with Gasteiger partial charge in [-0.2, -0.15) is 0 Å². The van der Waals surface area contributed by atoms with Crippen molar-refractivity contribution >= 4 is 124 Å². The number of likely N-dealkylation sites (tertiary alicyclic amines) is 2. The molecule has 2 heterocycles. The maximum atomic E-state index is 14.2. The Hall–Kier alpha value is -11.6. The predicted octanol–water partition coefficient (Wildman–Crippen LogP) is -13.6. The van der Waals surface area contributed by atoms with Crippen molar-refractivity contribution in [1.82, 2.24) is 89.6 Å². The van der Waals surface area contributed by atoms with Crippen LogP contribution in [0.5, 0.6) is 0 Å². The second-order valence-corrected chi connectivity index (χ2v) is 31.8. The van der Waals surface area contributed by atoms with Crippen LogP contribution in [0.4, 0.5) is 0 Å². The number of primary amides is 1. The lowest BCUT2D eigenvalue weighted by Gasteiger charge is -2.30. The Balaban J connectivity index is 2.24. The first kappa shape index (κ1) is 110. The zero-order valence-corrected chi connectivity index (χ0v) is 72.1. The summed E-state index contributed by atoms with van der Waals surface area (Å²) >= 11 is 0. The van der Waals surface area contributed by atoms with Gasteiger partial charge in [-0.25, -0.2) is 4.79 Å². The maximum Gasteiger partial charge on any atom is 0.328 e. The average molecular weight is 1800 g/mol. The first-order valence-electron chi connectivity index (χ1n) is 41.0. The molecule has 0 spiro atoms. The molecular weight excluding hydrogens is 1670 g/mol. The van der Waals surface area contributed by atoms with E-state index in [-0.39, 0.29) is 95.7 Å². The number of aliphatic hydroxyl groups excluding tert-OH is 7. The van der Waals surface area contributed by atoms with Gasteiger partial charge in [-0.3, -0.25) is 96.1 Å². The summed E-state index contributed by atoms with van der Waals surface area (Å²) in [6.45, 7) is 8.09. The lowest BCUT2D eigenvalue weighted by Crippen LogP contribution is -2.61. The number of nitrogens with zero attached hydrogens (tertiary/aromatic N) is 3. The number of carbonyl (C=O) groups is 20. The van der Waals surface area contributed by atoms with E-state index in [2.05, 4.69) is 84.7 Å². The standard InChI is InChI=1S/C75H128N22O29/c1-33(2)24-43(87-66(117)46(29-98)90-63(114)44(25-34(3)4)88-70(121)57(38(9)103)94-54(107)28-82-68(119)51-16-13-22-96(51)72(123)47(30-99)91-62(113)42(17-19-52(76)105)86-69(120)56(77)37(8)102)64(115)92-48(31-100)73(124)97-23-12-15-50(97)67(118)81-27-53(106)84-41(18-20-55(108)109)61(112)85-40(14-11-21-80-75(78)79)60(111)83-36(7)59(110)95-58(39(10)104)71(122)89-45(26-35(5)6)65(116)93-49(32-101)74(125)126/h33-51,56-58,98-104H,11-32,77H2,1-10H3,(H2,76,105)(H,81,118)(H,82,119)(H,83,111)(H,84,106)(H,85,112)(H,86,120)(H,87,117)(H,88,121)(H,89,122)(H,90,114)(H,91,113)(H,92,115)(H,93,116)(H,94,107)(H,95,110)(H,108,109)(H,125,126)(H4,78,79,80)/t36-,37+,38+,39+,40-,41-,42-,43-,44-,45-,46-,47-,48-,49-,50-,51-,56-,57-,58-/m0/s1. The number of carboxylic acids is 2. The summed E-state index contributed by atoms with van der Waals surface area (Å²) in [6, 6.07) is -26.0. The normalized spacial score (nSPS) is 17.7. The van der Waals surface area contributed by atoms with Crippen molar-refractivity contribution in [2.45, 2.75) is 268 Å². The van der Waals surface area contributed by atoms with Crippen LogP contribution < -0.4 is 103 Å². The highest BCUT2D eigenvalue weighted by Gasteiger charge is 2.43. The average Bonchev–Trinajstić information content (AvgIpc) is 1.66. The van der Waals surface area contributed by atoms with Gasteiger partial charge in [-0.1, -0.05) is 41.5 Å². The molecule has 2 fully saturated rings. The van der Waals surface area contributed by atoms with Gasteiger partial charge in [-0.15, -0.1) is 0 Å². The van der Waals surface area contributed by atoms with Crippen molar-refractivity contribution in [2.24, 2.45) is 45.7 Å². The number of carboxylic acid groups (broad SMARTS) is 2. The summed E-state index contributed by atoms with van der Waals surface area (Å²) in [5, 5.41) is 125. The number of rotatable bonds is 56. The van der Waals surface area contributed by atoms with E-state index < -0.39 is 304 Å². The molecule has 0 aromatic carbocycles. The molecule has 0 aromatic rings. The largest absolute Gasteiger partial charge is 0.481 e. The molecule has 0 unspecified atom stereocenters. The van der Waals surface area contributed by atoms with Gasteiger partial charge in [0.2, 0.25) is 106 Å². The SMILES string of the molecule is CC(C)C[C@H](NC(=O)[C@H](CO)NC(=O)[C@H](CC(C)C)NC(=O)[C@@H](NC(=O)CNC(=O)[C@@H]1CCCN1C(=O)[C@H](CO)NC(=O)[C@H](CCC(N)=O)NC(=O)[C@@H](N)[C@@H](C)O)[C@@H](C)O)C(=O)N[C@@H](CO)C(=O)N1CCC[C@H]1C(=O)NCC(=O)N[C@@H](CCC(=O)O)C(=O)N[C@@H](CCCN=C(N)N)C(=O)N[C@@H](C)C(=O)N[C@H](C(=O)N[C@@H](CC(C)C)C(=O)N[C@@H](CO)C(=O)O)[C@@H](C)O. The molecule has 0 aliphatic carbocycles. The number of hydrogen-bond donors (Lipinski definition) is 28. The van der Waals surface area contributed by atoms with Gasteiger partial charge in [0, 0.05) is 32.5 Å². The van der Waals surface area contributed by atoms with Crippen molar-refractivity contribution in [3.05, 3.63) is 0 Å². The number of aliphatic carboxylic acids is 2. The van der Waals surface area contributed by atoms with E-state index in [0.29, 0.717) is 0 Å². The lowest BCUT2D eigenvalue weighted by atomic mass is 10.0. The molecule has 2 aliphatic rings. The minimum Gasteiger partial charge on any atom is -0.481 e. The third-order valence-corrected chi connectivity index (χ3v) is 19.7. The molecule has 2 rings (SSSR count). The topological polar surface area (TPSA) is 827 Å². The highest BCUT2D eigenvalue weighted by molar-refractivity contribution is 6.01. The minimum absolute atomic E-state index is 0.0256. The minimum atomic E-state index is -1.86. The van der Waals surface area contributed by atoms with Crippen molar-refractivity contribution in [3.8, 4) is 0 Å². The summed E-state index contributed by atoms with van der Waals surface area (Å²) in [4.78, 5) is 273. The summed E-state index contributed by atoms with van der Waals surface area (Å²) < 4.78 is 0. The van der Waals surface area contributed by atoms with E-state index in [1.807, 2.05) is 0 Å². The lowest BCUT2D eigenvalue weighted by molar-refractivity contribution is -0.143. The van der Waals surface area contributed by atoms with Gasteiger partial charge < -0.3 is 158 Å². The van der Waals surface area contributed by atoms with Crippen LogP contribution in [0, 0.1) is 17.8 Å². The molecule has 126 heavy (non-hydrogen) atoms. The van der Waals surface area contributed by atoms with E-state index >= 15 is 0 Å². The number of nitrogens with two attached hydrogens (primary N) is 4. The Kier molecular flexibility index (Phi) is 48.2. The second-order valence-electron chi connectivity index (χ2n) is 31.8. The van der Waals surface area contributed by atoms with Crippen LogP contribution in [-0.4, -0.2) is 354 Å². The fourth-order valence-electron chi connectivity index (χ4n) is 12.9. The van der Waals surface area contributed by atoms with Crippen LogP contribution in [0.2, 0.25) is 0 Å². The molecule has 0 aromatic heterocycles. The number of carbonyl (C=O) groups excluding carboxylic acids is 18. The smallest absolute Gasteiger partial charge is 0.328 e. The van der Waals surface area contributed by atoms with Gasteiger partial charge in [0.15, 0.2) is 5.96 Å². The summed E-state index contributed by atoms with van der Waals surface area (Å²) in [7, 11) is 0. The Labute approximate surface area is 725 Å².